The van der Waals surface area contributed by atoms with Gasteiger partial charge in [-0.05, 0) is 24.1 Å². The van der Waals surface area contributed by atoms with Crippen LogP contribution in [0.15, 0.2) is 48.5 Å². The maximum Gasteiger partial charge on any atom is 0.246 e. The summed E-state index contributed by atoms with van der Waals surface area (Å²) in [4.78, 5) is 33.8. The van der Waals surface area contributed by atoms with Crippen molar-refractivity contribution in [3.05, 3.63) is 65.4 Å². The van der Waals surface area contributed by atoms with E-state index in [1.165, 1.54) is 0 Å². The Bertz CT molecular complexity index is 1140. The zero-order valence-corrected chi connectivity index (χ0v) is 17.2. The zero-order valence-electron chi connectivity index (χ0n) is 17.2. The first-order valence-electron chi connectivity index (χ1n) is 10.5. The minimum absolute atomic E-state index is 0.0201. The highest BCUT2D eigenvalue weighted by Gasteiger charge is 2.48. The third kappa shape index (κ3) is 2.70. The number of hydrogen-bond donors (Lipinski definition) is 1. The number of rotatable bonds is 4. The third-order valence-corrected chi connectivity index (χ3v) is 6.27. The molecule has 0 spiro atoms. The van der Waals surface area contributed by atoms with Crippen LogP contribution in [0.2, 0.25) is 0 Å². The van der Waals surface area contributed by atoms with Crippen LogP contribution in [0.3, 0.4) is 0 Å². The SMILES string of the molecule is CCCN1CC(=O)N2[C@H](c3ccccc3OC)c3[nH]c4ccccc4c3C[C@H]2C1=O. The van der Waals surface area contributed by atoms with Gasteiger partial charge in [-0.1, -0.05) is 43.3 Å². The number of hydrogen-bond acceptors (Lipinski definition) is 3. The van der Waals surface area contributed by atoms with Gasteiger partial charge in [0.05, 0.1) is 13.7 Å². The van der Waals surface area contributed by atoms with E-state index in [0.717, 1.165) is 34.1 Å². The summed E-state index contributed by atoms with van der Waals surface area (Å²) < 4.78 is 5.64. The minimum atomic E-state index is -0.501. The second-order valence-corrected chi connectivity index (χ2v) is 7.99. The van der Waals surface area contributed by atoms with Gasteiger partial charge in [0.15, 0.2) is 0 Å². The number of amides is 2. The number of nitrogens with one attached hydrogen (secondary N) is 1. The number of para-hydroxylation sites is 2. The molecule has 5 rings (SSSR count). The summed E-state index contributed by atoms with van der Waals surface area (Å²) in [7, 11) is 1.64. The molecule has 6 nitrogen and oxygen atoms in total. The molecule has 6 heteroatoms. The molecule has 2 atom stereocenters. The number of ether oxygens (including phenoxy) is 1. The lowest BCUT2D eigenvalue weighted by molar-refractivity contribution is -0.158. The van der Waals surface area contributed by atoms with Crippen molar-refractivity contribution in [3.63, 3.8) is 0 Å². The Labute approximate surface area is 175 Å². The molecule has 0 aliphatic carbocycles. The number of nitrogens with zero attached hydrogens (tertiary/aromatic N) is 2. The number of benzene rings is 2. The van der Waals surface area contributed by atoms with Crippen molar-refractivity contribution in [1.82, 2.24) is 14.8 Å². The Morgan fingerprint density at radius 3 is 2.67 bits per heavy atom. The predicted octanol–water partition coefficient (Wildman–Crippen LogP) is 3.27. The molecule has 2 aliphatic rings. The van der Waals surface area contributed by atoms with Crippen molar-refractivity contribution in [2.24, 2.45) is 0 Å². The van der Waals surface area contributed by atoms with Gasteiger partial charge in [0.25, 0.3) is 0 Å². The molecular weight excluding hydrogens is 378 g/mol. The number of aromatic nitrogens is 1. The highest BCUT2D eigenvalue weighted by atomic mass is 16.5. The molecule has 2 aromatic carbocycles. The number of H-pyrrole nitrogens is 1. The van der Waals surface area contributed by atoms with Gasteiger partial charge in [0.2, 0.25) is 11.8 Å². The van der Waals surface area contributed by atoms with Crippen molar-refractivity contribution in [1.29, 1.82) is 0 Å². The predicted molar refractivity (Wildman–Crippen MR) is 114 cm³/mol. The van der Waals surface area contributed by atoms with Crippen LogP contribution < -0.4 is 4.74 Å². The summed E-state index contributed by atoms with van der Waals surface area (Å²) in [6, 6.07) is 15.0. The van der Waals surface area contributed by atoms with Gasteiger partial charge in [0, 0.05) is 35.1 Å². The third-order valence-electron chi connectivity index (χ3n) is 6.27. The zero-order chi connectivity index (χ0) is 20.8. The fraction of sp³-hybridized carbons (Fsp3) is 0.333. The molecule has 0 bridgehead atoms. The van der Waals surface area contributed by atoms with Crippen molar-refractivity contribution in [3.8, 4) is 5.75 Å². The van der Waals surface area contributed by atoms with E-state index in [9.17, 15) is 9.59 Å². The Balaban J connectivity index is 1.73. The Kier molecular flexibility index (Phi) is 4.50. The van der Waals surface area contributed by atoms with Crippen LogP contribution in [0.25, 0.3) is 10.9 Å². The second-order valence-electron chi connectivity index (χ2n) is 7.99. The molecule has 2 amide bonds. The number of piperazine rings is 1. The van der Waals surface area contributed by atoms with Crippen LogP contribution in [0.4, 0.5) is 0 Å². The van der Waals surface area contributed by atoms with E-state index in [0.29, 0.717) is 18.7 Å². The van der Waals surface area contributed by atoms with Crippen LogP contribution in [-0.4, -0.2) is 52.8 Å². The molecule has 1 N–H and O–H groups in total. The standard InChI is InChI=1S/C24H25N3O3/c1-3-12-26-14-21(28)27-19(24(26)29)13-17-15-8-4-6-10-18(15)25-22(17)23(27)16-9-5-7-11-20(16)30-2/h4-11,19,23,25H,3,12-14H2,1-2H3/t19-,23+/m0/s1. The maximum atomic E-state index is 13.4. The van der Waals surface area contributed by atoms with Crippen LogP contribution in [-0.2, 0) is 16.0 Å². The first-order chi connectivity index (χ1) is 14.6. The second kappa shape index (κ2) is 7.20. The largest absolute Gasteiger partial charge is 0.496 e. The Morgan fingerprint density at radius 1 is 1.10 bits per heavy atom. The summed E-state index contributed by atoms with van der Waals surface area (Å²) >= 11 is 0. The van der Waals surface area contributed by atoms with Crippen molar-refractivity contribution < 1.29 is 14.3 Å². The molecule has 0 radical (unpaired) electrons. The highest BCUT2D eigenvalue weighted by Crippen LogP contribution is 2.44. The van der Waals surface area contributed by atoms with Gasteiger partial charge >= 0.3 is 0 Å². The molecule has 1 fully saturated rings. The smallest absolute Gasteiger partial charge is 0.246 e. The van der Waals surface area contributed by atoms with E-state index >= 15 is 0 Å². The molecule has 2 aliphatic heterocycles. The van der Waals surface area contributed by atoms with Gasteiger partial charge in [0.1, 0.15) is 17.8 Å². The number of carbonyl (C=O) groups is 2. The lowest BCUT2D eigenvalue weighted by Crippen LogP contribution is -2.63. The number of carbonyl (C=O) groups excluding carboxylic acids is 2. The molecule has 1 aromatic heterocycles. The van der Waals surface area contributed by atoms with Crippen LogP contribution >= 0.6 is 0 Å². The molecule has 0 saturated carbocycles. The van der Waals surface area contributed by atoms with Gasteiger partial charge in [-0.25, -0.2) is 0 Å². The molecule has 0 unspecified atom stereocenters. The van der Waals surface area contributed by atoms with Crippen molar-refractivity contribution in [2.45, 2.75) is 31.8 Å². The summed E-state index contributed by atoms with van der Waals surface area (Å²) in [5.41, 5.74) is 4.00. The molecular formula is C24H25N3O3. The fourth-order valence-electron chi connectivity index (χ4n) is 5.00. The van der Waals surface area contributed by atoms with E-state index in [2.05, 4.69) is 11.1 Å². The van der Waals surface area contributed by atoms with E-state index in [4.69, 9.17) is 4.74 Å². The summed E-state index contributed by atoms with van der Waals surface area (Å²) in [5, 5.41) is 1.11. The van der Waals surface area contributed by atoms with E-state index in [1.807, 2.05) is 49.4 Å². The van der Waals surface area contributed by atoms with Gasteiger partial charge in [-0.15, -0.1) is 0 Å². The number of aromatic amines is 1. The van der Waals surface area contributed by atoms with E-state index < -0.39 is 6.04 Å². The maximum absolute atomic E-state index is 13.4. The monoisotopic (exact) mass is 403 g/mol. The Hall–Kier alpha value is -3.28. The fourth-order valence-corrected chi connectivity index (χ4v) is 5.00. The Morgan fingerprint density at radius 2 is 1.87 bits per heavy atom. The van der Waals surface area contributed by atoms with Crippen LogP contribution in [0.1, 0.15) is 36.2 Å². The van der Waals surface area contributed by atoms with E-state index in [-0.39, 0.29) is 24.4 Å². The summed E-state index contributed by atoms with van der Waals surface area (Å²) in [6.07, 6.45) is 1.36. The van der Waals surface area contributed by atoms with E-state index in [1.54, 1.807) is 16.9 Å². The quantitative estimate of drug-likeness (QED) is 0.727. The average molecular weight is 403 g/mol. The molecule has 154 valence electrons. The highest BCUT2D eigenvalue weighted by molar-refractivity contribution is 5.97. The number of methoxy groups -OCH3 is 1. The van der Waals surface area contributed by atoms with Gasteiger partial charge in [-0.3, -0.25) is 9.59 Å². The van der Waals surface area contributed by atoms with Gasteiger partial charge in [-0.2, -0.15) is 0 Å². The first kappa shape index (κ1) is 18.7. The molecule has 3 heterocycles. The van der Waals surface area contributed by atoms with Crippen LogP contribution in [0, 0.1) is 0 Å². The van der Waals surface area contributed by atoms with Crippen LogP contribution in [0.5, 0.6) is 5.75 Å². The molecule has 3 aromatic rings. The molecule has 1 saturated heterocycles. The van der Waals surface area contributed by atoms with Crippen molar-refractivity contribution >= 4 is 22.7 Å². The summed E-state index contributed by atoms with van der Waals surface area (Å²) in [6.45, 7) is 2.76. The van der Waals surface area contributed by atoms with Crippen molar-refractivity contribution in [2.75, 3.05) is 20.2 Å². The molecule has 30 heavy (non-hydrogen) atoms. The lowest BCUT2D eigenvalue weighted by atomic mass is 9.86. The average Bonchev–Trinajstić information content (AvgIpc) is 3.14. The topological polar surface area (TPSA) is 65.6 Å². The first-order valence-corrected chi connectivity index (χ1v) is 10.5. The number of fused-ring (bicyclic) bond motifs is 4. The minimum Gasteiger partial charge on any atom is -0.496 e. The van der Waals surface area contributed by atoms with Gasteiger partial charge < -0.3 is 19.5 Å². The lowest BCUT2D eigenvalue weighted by Gasteiger charge is -2.47. The summed E-state index contributed by atoms with van der Waals surface area (Å²) in [5.74, 6) is 0.726. The normalized spacial score (nSPS) is 21.0.